The molecule has 5 rings (SSSR count). The first-order valence-corrected chi connectivity index (χ1v) is 13.6. The van der Waals surface area contributed by atoms with Crippen LogP contribution in [0.25, 0.3) is 33.5 Å². The van der Waals surface area contributed by atoms with E-state index in [0.717, 1.165) is 29.5 Å². The lowest BCUT2D eigenvalue weighted by molar-refractivity contribution is -0.0692. The highest BCUT2D eigenvalue weighted by Gasteiger charge is 2.40. The van der Waals surface area contributed by atoms with Gasteiger partial charge in [0.15, 0.2) is 15.5 Å². The lowest BCUT2D eigenvalue weighted by Crippen LogP contribution is -2.45. The maximum atomic E-state index is 11.7. The van der Waals surface area contributed by atoms with Gasteiger partial charge in [-0.2, -0.15) is 4.98 Å². The van der Waals surface area contributed by atoms with Crippen molar-refractivity contribution in [2.75, 3.05) is 6.26 Å². The number of aromatic nitrogens is 3. The molecule has 2 aromatic carbocycles. The molecule has 2 heterocycles. The number of aliphatic hydroxyl groups is 1. The summed E-state index contributed by atoms with van der Waals surface area (Å²) in [6.45, 7) is 3.65. The molecule has 0 aliphatic heterocycles. The Hall–Kier alpha value is -2.94. The first-order valence-electron chi connectivity index (χ1n) is 11.3. The van der Waals surface area contributed by atoms with Crippen LogP contribution in [-0.2, 0) is 9.84 Å². The number of halogens is 1. The van der Waals surface area contributed by atoms with Gasteiger partial charge in [0.2, 0.25) is 0 Å². The third-order valence-electron chi connectivity index (χ3n) is 6.55. The number of nitrogens with one attached hydrogen (secondary N) is 1. The van der Waals surface area contributed by atoms with Crippen LogP contribution in [0.3, 0.4) is 0 Å². The molecule has 0 radical (unpaired) electrons. The lowest BCUT2D eigenvalue weighted by Gasteiger charge is -2.41. The van der Waals surface area contributed by atoms with Gasteiger partial charge in [-0.25, -0.2) is 13.4 Å². The Balaban J connectivity index is 1.34. The molecule has 2 N–H and O–H groups in total. The van der Waals surface area contributed by atoms with E-state index < -0.39 is 15.4 Å². The SMILES string of the molecule is CC(C)(O)[C@H]1C[C@@H](Oc2nc3nc(-c4ccc(-c5ccc(S(C)(=O)=O)cc5)cc4)c(Cl)cc3[nH]2)C1. The maximum absolute atomic E-state index is 11.7. The van der Waals surface area contributed by atoms with E-state index in [1.807, 2.05) is 38.1 Å². The topological polar surface area (TPSA) is 105 Å². The molecule has 7 nitrogen and oxygen atoms in total. The van der Waals surface area contributed by atoms with Crippen molar-refractivity contribution < 1.29 is 18.3 Å². The number of H-pyrrole nitrogens is 1. The van der Waals surface area contributed by atoms with Crippen molar-refractivity contribution in [2.45, 2.75) is 43.3 Å². The Morgan fingerprint density at radius 1 is 1.00 bits per heavy atom. The fourth-order valence-corrected chi connectivity index (χ4v) is 5.16. The lowest BCUT2D eigenvalue weighted by atomic mass is 9.72. The van der Waals surface area contributed by atoms with Crippen LogP contribution in [0.2, 0.25) is 5.02 Å². The minimum atomic E-state index is -3.23. The van der Waals surface area contributed by atoms with Crippen LogP contribution in [0.4, 0.5) is 0 Å². The summed E-state index contributed by atoms with van der Waals surface area (Å²) in [5.74, 6) is 0.219. The van der Waals surface area contributed by atoms with Gasteiger partial charge in [0.1, 0.15) is 6.10 Å². The average Bonchev–Trinajstić information content (AvgIpc) is 3.15. The zero-order chi connectivity index (χ0) is 25.0. The number of aromatic amines is 1. The van der Waals surface area contributed by atoms with Crippen LogP contribution in [0.5, 0.6) is 6.01 Å². The van der Waals surface area contributed by atoms with Crippen LogP contribution < -0.4 is 4.74 Å². The van der Waals surface area contributed by atoms with Crippen molar-refractivity contribution in [2.24, 2.45) is 5.92 Å². The van der Waals surface area contributed by atoms with Crippen molar-refractivity contribution in [3.8, 4) is 28.4 Å². The number of fused-ring (bicyclic) bond motifs is 1. The Morgan fingerprint density at radius 2 is 1.57 bits per heavy atom. The number of benzene rings is 2. The summed E-state index contributed by atoms with van der Waals surface area (Å²) in [6.07, 6.45) is 2.77. The molecule has 4 aromatic rings. The summed E-state index contributed by atoms with van der Waals surface area (Å²) in [6, 6.07) is 16.7. The van der Waals surface area contributed by atoms with Gasteiger partial charge < -0.3 is 14.8 Å². The van der Waals surface area contributed by atoms with E-state index in [-0.39, 0.29) is 12.0 Å². The summed E-state index contributed by atoms with van der Waals surface area (Å²) < 4.78 is 29.3. The molecule has 182 valence electrons. The zero-order valence-corrected chi connectivity index (χ0v) is 21.2. The smallest absolute Gasteiger partial charge is 0.296 e. The van der Waals surface area contributed by atoms with E-state index in [1.165, 1.54) is 6.26 Å². The second-order valence-corrected chi connectivity index (χ2v) is 12.1. The number of nitrogens with zero attached hydrogens (tertiary/aromatic N) is 2. The summed E-state index contributed by atoms with van der Waals surface area (Å²) in [5.41, 5.74) is 3.81. The molecule has 35 heavy (non-hydrogen) atoms. The summed E-state index contributed by atoms with van der Waals surface area (Å²) in [5, 5.41) is 10.6. The Bertz CT molecular complexity index is 1480. The molecule has 0 saturated heterocycles. The summed E-state index contributed by atoms with van der Waals surface area (Å²) in [4.78, 5) is 12.6. The standard InChI is InChI=1S/C26H26ClN3O4S/c1-26(2,31)18-12-19(13-18)34-25-28-22-14-21(27)23(29-24(22)30-25)17-6-4-15(5-7-17)16-8-10-20(11-9-16)35(3,32)33/h4-11,14,18-19,31H,12-13H2,1-3H3,(H,28,29,30)/t18-,19+. The highest BCUT2D eigenvalue weighted by molar-refractivity contribution is 7.90. The van der Waals surface area contributed by atoms with Gasteiger partial charge in [0, 0.05) is 11.8 Å². The van der Waals surface area contributed by atoms with Crippen LogP contribution in [0, 0.1) is 5.92 Å². The molecule has 2 aromatic heterocycles. The third kappa shape index (κ3) is 4.91. The van der Waals surface area contributed by atoms with Crippen LogP contribution in [0.15, 0.2) is 59.5 Å². The number of ether oxygens (including phenoxy) is 1. The van der Waals surface area contributed by atoms with Crippen molar-refractivity contribution in [1.29, 1.82) is 0 Å². The van der Waals surface area contributed by atoms with E-state index in [4.69, 9.17) is 16.3 Å². The van der Waals surface area contributed by atoms with E-state index in [1.54, 1.807) is 30.3 Å². The highest BCUT2D eigenvalue weighted by Crippen LogP contribution is 2.38. The van der Waals surface area contributed by atoms with E-state index in [0.29, 0.717) is 32.8 Å². The highest BCUT2D eigenvalue weighted by atomic mass is 35.5. The van der Waals surface area contributed by atoms with Crippen LogP contribution >= 0.6 is 11.6 Å². The molecule has 1 aliphatic rings. The Morgan fingerprint density at radius 3 is 2.14 bits per heavy atom. The number of pyridine rings is 1. The molecule has 9 heteroatoms. The number of sulfone groups is 1. The fraction of sp³-hybridized carbons (Fsp3) is 0.308. The van der Waals surface area contributed by atoms with Crippen LogP contribution in [-0.4, -0.2) is 46.4 Å². The van der Waals surface area contributed by atoms with Gasteiger partial charge in [0.05, 0.1) is 26.7 Å². The quantitative estimate of drug-likeness (QED) is 0.365. The Labute approximate surface area is 209 Å². The van der Waals surface area contributed by atoms with E-state index >= 15 is 0 Å². The predicted octanol–water partition coefficient (Wildman–Crippen LogP) is 5.28. The number of hydrogen-bond acceptors (Lipinski definition) is 6. The second kappa shape index (κ2) is 8.62. The third-order valence-corrected chi connectivity index (χ3v) is 7.97. The molecule has 1 aliphatic carbocycles. The molecule has 1 saturated carbocycles. The van der Waals surface area contributed by atoms with Crippen molar-refractivity contribution in [3.63, 3.8) is 0 Å². The zero-order valence-electron chi connectivity index (χ0n) is 19.6. The molecule has 0 atom stereocenters. The van der Waals surface area contributed by atoms with Gasteiger partial charge in [-0.05, 0) is 61.9 Å². The molecule has 1 fully saturated rings. The first kappa shape index (κ1) is 23.8. The summed E-state index contributed by atoms with van der Waals surface area (Å²) in [7, 11) is -3.23. The van der Waals surface area contributed by atoms with E-state index in [2.05, 4.69) is 15.0 Å². The van der Waals surface area contributed by atoms with Crippen LogP contribution in [0.1, 0.15) is 26.7 Å². The number of rotatable bonds is 6. The summed E-state index contributed by atoms with van der Waals surface area (Å²) >= 11 is 6.54. The molecule has 0 unspecified atom stereocenters. The fourth-order valence-electron chi connectivity index (χ4n) is 4.27. The largest absolute Gasteiger partial charge is 0.461 e. The van der Waals surface area contributed by atoms with Gasteiger partial charge in [-0.1, -0.05) is 48.0 Å². The number of imidazole rings is 1. The van der Waals surface area contributed by atoms with E-state index in [9.17, 15) is 13.5 Å². The second-order valence-electron chi connectivity index (χ2n) is 9.67. The Kier molecular flexibility index (Phi) is 5.86. The van der Waals surface area contributed by atoms with Gasteiger partial charge in [0.25, 0.3) is 6.01 Å². The minimum absolute atomic E-state index is 0.0148. The normalized spacial score (nSPS) is 18.4. The van der Waals surface area contributed by atoms with Crippen molar-refractivity contribution in [1.82, 2.24) is 15.0 Å². The molecule has 0 bridgehead atoms. The van der Waals surface area contributed by atoms with Crippen molar-refractivity contribution in [3.05, 3.63) is 59.6 Å². The minimum Gasteiger partial charge on any atom is -0.461 e. The number of hydrogen-bond donors (Lipinski definition) is 2. The van der Waals surface area contributed by atoms with Crippen molar-refractivity contribution >= 4 is 32.6 Å². The van der Waals surface area contributed by atoms with Gasteiger partial charge in [-0.3, -0.25) is 0 Å². The van der Waals surface area contributed by atoms with Gasteiger partial charge in [-0.15, -0.1) is 0 Å². The molecular formula is C26H26ClN3O4S. The predicted molar refractivity (Wildman–Crippen MR) is 136 cm³/mol. The monoisotopic (exact) mass is 511 g/mol. The maximum Gasteiger partial charge on any atom is 0.296 e. The molecule has 0 amide bonds. The van der Waals surface area contributed by atoms with Gasteiger partial charge >= 0.3 is 0 Å². The first-order chi connectivity index (χ1) is 16.5. The average molecular weight is 512 g/mol. The molecular weight excluding hydrogens is 486 g/mol. The molecule has 0 spiro atoms.